The predicted octanol–water partition coefficient (Wildman–Crippen LogP) is 4.37. The normalized spacial score (nSPS) is 10.3. The molecule has 2 aromatic rings. The molecule has 0 spiro atoms. The Morgan fingerprint density at radius 2 is 1.88 bits per heavy atom. The van der Waals surface area contributed by atoms with Crippen molar-refractivity contribution in [3.05, 3.63) is 52.8 Å². The highest BCUT2D eigenvalue weighted by Crippen LogP contribution is 2.27. The van der Waals surface area contributed by atoms with E-state index in [1.54, 1.807) is 30.3 Å². The smallest absolute Gasteiger partial charge is 0.234 e. The number of carbonyl (C=O) groups excluding carboxylic acids is 1. The van der Waals surface area contributed by atoms with Crippen molar-refractivity contribution in [3.63, 3.8) is 0 Å². The Hall–Kier alpha value is -1.92. The highest BCUT2D eigenvalue weighted by Gasteiger charge is 2.07. The minimum absolute atomic E-state index is 0.157. The van der Waals surface area contributed by atoms with Crippen LogP contribution >= 0.6 is 23.4 Å². The monoisotopic (exact) mass is 369 g/mol. The van der Waals surface area contributed by atoms with Gasteiger partial charge in [-0.05, 0) is 35.9 Å². The van der Waals surface area contributed by atoms with Crippen molar-refractivity contribution >= 4 is 35.0 Å². The van der Waals surface area contributed by atoms with Crippen LogP contribution in [0.15, 0.2) is 36.4 Å². The molecular formula is C17H17ClFNO3S. The van der Waals surface area contributed by atoms with Gasteiger partial charge in [-0.15, -0.1) is 11.8 Å². The second kappa shape index (κ2) is 8.80. The first kappa shape index (κ1) is 18.4. The SMILES string of the molecule is COc1ccc(CSCC(=O)Nc2ccc(OC)c(Cl)c2)cc1F. The van der Waals surface area contributed by atoms with Crippen LogP contribution in [0.3, 0.4) is 0 Å². The van der Waals surface area contributed by atoms with Gasteiger partial charge in [0.25, 0.3) is 0 Å². The standard InChI is InChI=1S/C17H17ClFNO3S/c1-22-15-6-4-12(8-13(15)18)20-17(21)10-24-9-11-3-5-16(23-2)14(19)7-11/h3-8H,9-10H2,1-2H3,(H,20,21). The van der Waals surface area contributed by atoms with Crippen LogP contribution in [0.2, 0.25) is 5.02 Å². The zero-order valence-electron chi connectivity index (χ0n) is 13.3. The summed E-state index contributed by atoms with van der Waals surface area (Å²) in [6.45, 7) is 0. The van der Waals surface area contributed by atoms with Gasteiger partial charge in [0.05, 0.1) is 25.0 Å². The Morgan fingerprint density at radius 3 is 2.50 bits per heavy atom. The van der Waals surface area contributed by atoms with Gasteiger partial charge in [0.1, 0.15) is 5.75 Å². The fourth-order valence-corrected chi connectivity index (χ4v) is 3.04. The van der Waals surface area contributed by atoms with Gasteiger partial charge in [-0.25, -0.2) is 4.39 Å². The second-order valence-electron chi connectivity index (χ2n) is 4.86. The summed E-state index contributed by atoms with van der Waals surface area (Å²) in [5.41, 5.74) is 1.39. The van der Waals surface area contributed by atoms with E-state index >= 15 is 0 Å². The van der Waals surface area contributed by atoms with Gasteiger partial charge < -0.3 is 14.8 Å². The summed E-state index contributed by atoms with van der Waals surface area (Å²) in [5.74, 6) is 0.959. The summed E-state index contributed by atoms with van der Waals surface area (Å²) in [5, 5.41) is 3.18. The molecule has 7 heteroatoms. The number of ether oxygens (including phenoxy) is 2. The van der Waals surface area contributed by atoms with Gasteiger partial charge >= 0.3 is 0 Å². The number of halogens is 2. The molecule has 0 aliphatic heterocycles. The Kier molecular flexibility index (Phi) is 6.75. The largest absolute Gasteiger partial charge is 0.495 e. The Morgan fingerprint density at radius 1 is 1.17 bits per heavy atom. The number of benzene rings is 2. The van der Waals surface area contributed by atoms with Gasteiger partial charge in [-0.3, -0.25) is 4.79 Å². The maximum absolute atomic E-state index is 13.6. The van der Waals surface area contributed by atoms with Gasteiger partial charge in [0, 0.05) is 11.4 Å². The number of rotatable bonds is 7. The minimum Gasteiger partial charge on any atom is -0.495 e. The van der Waals surface area contributed by atoms with Gasteiger partial charge in [-0.2, -0.15) is 0 Å². The average molecular weight is 370 g/mol. The summed E-state index contributed by atoms with van der Waals surface area (Å²) in [7, 11) is 2.95. The quantitative estimate of drug-likeness (QED) is 0.787. The summed E-state index contributed by atoms with van der Waals surface area (Å²) >= 11 is 7.40. The summed E-state index contributed by atoms with van der Waals surface area (Å²) in [6.07, 6.45) is 0. The van der Waals surface area contributed by atoms with E-state index in [1.807, 2.05) is 0 Å². The van der Waals surface area contributed by atoms with Gasteiger partial charge in [0.15, 0.2) is 11.6 Å². The molecule has 1 N–H and O–H groups in total. The van der Waals surface area contributed by atoms with Crippen molar-refractivity contribution in [2.24, 2.45) is 0 Å². The molecule has 0 atom stereocenters. The fourth-order valence-electron chi connectivity index (χ4n) is 2.00. The predicted molar refractivity (Wildman–Crippen MR) is 95.7 cm³/mol. The van der Waals surface area contributed by atoms with E-state index in [4.69, 9.17) is 21.1 Å². The van der Waals surface area contributed by atoms with Crippen molar-refractivity contribution in [1.29, 1.82) is 0 Å². The first-order valence-electron chi connectivity index (χ1n) is 7.07. The van der Waals surface area contributed by atoms with Crippen molar-refractivity contribution in [3.8, 4) is 11.5 Å². The van der Waals surface area contributed by atoms with E-state index in [1.165, 1.54) is 32.0 Å². The van der Waals surface area contributed by atoms with E-state index in [9.17, 15) is 9.18 Å². The molecule has 2 aromatic carbocycles. The number of carbonyl (C=O) groups is 1. The number of nitrogens with one attached hydrogen (secondary N) is 1. The molecule has 0 unspecified atom stereocenters. The molecule has 24 heavy (non-hydrogen) atoms. The maximum Gasteiger partial charge on any atom is 0.234 e. The number of methoxy groups -OCH3 is 2. The summed E-state index contributed by atoms with van der Waals surface area (Å²) in [6, 6.07) is 9.78. The van der Waals surface area contributed by atoms with E-state index in [-0.39, 0.29) is 17.4 Å². The molecule has 1 amide bonds. The third-order valence-electron chi connectivity index (χ3n) is 3.15. The third kappa shape index (κ3) is 5.04. The number of anilines is 1. The molecular weight excluding hydrogens is 353 g/mol. The third-order valence-corrected chi connectivity index (χ3v) is 4.45. The van der Waals surface area contributed by atoms with E-state index in [2.05, 4.69) is 5.32 Å². The molecule has 0 aliphatic carbocycles. The second-order valence-corrected chi connectivity index (χ2v) is 6.25. The highest BCUT2D eigenvalue weighted by atomic mass is 35.5. The molecule has 0 saturated heterocycles. The van der Waals surface area contributed by atoms with E-state index in [0.29, 0.717) is 22.2 Å². The van der Waals surface area contributed by atoms with Crippen LogP contribution in [0.25, 0.3) is 0 Å². The molecule has 2 rings (SSSR count). The van der Waals surface area contributed by atoms with E-state index < -0.39 is 5.82 Å². The topological polar surface area (TPSA) is 47.6 Å². The van der Waals surface area contributed by atoms with Crippen LogP contribution in [0.4, 0.5) is 10.1 Å². The lowest BCUT2D eigenvalue weighted by molar-refractivity contribution is -0.113. The van der Waals surface area contributed by atoms with Crippen molar-refractivity contribution in [2.45, 2.75) is 5.75 Å². The Labute approximate surface area is 149 Å². The molecule has 0 radical (unpaired) electrons. The summed E-state index contributed by atoms with van der Waals surface area (Å²) in [4.78, 5) is 11.9. The number of hydrogen-bond acceptors (Lipinski definition) is 4. The van der Waals surface area contributed by atoms with Crippen LogP contribution < -0.4 is 14.8 Å². The average Bonchev–Trinajstić information content (AvgIpc) is 2.55. The van der Waals surface area contributed by atoms with Crippen molar-refractivity contribution in [1.82, 2.24) is 0 Å². The first-order chi connectivity index (χ1) is 11.5. The lowest BCUT2D eigenvalue weighted by atomic mass is 10.2. The lowest BCUT2D eigenvalue weighted by Gasteiger charge is -2.08. The van der Waals surface area contributed by atoms with Gasteiger partial charge in [0.2, 0.25) is 5.91 Å². The van der Waals surface area contributed by atoms with Crippen LogP contribution in [0.5, 0.6) is 11.5 Å². The zero-order chi connectivity index (χ0) is 17.5. The lowest BCUT2D eigenvalue weighted by Crippen LogP contribution is -2.14. The Bertz CT molecular complexity index is 727. The zero-order valence-corrected chi connectivity index (χ0v) is 14.8. The van der Waals surface area contributed by atoms with Crippen LogP contribution in [-0.2, 0) is 10.5 Å². The Balaban J connectivity index is 1.83. The van der Waals surface area contributed by atoms with Crippen LogP contribution in [0.1, 0.15) is 5.56 Å². The van der Waals surface area contributed by atoms with Crippen molar-refractivity contribution < 1.29 is 18.7 Å². The number of amides is 1. The number of thioether (sulfide) groups is 1. The summed E-state index contributed by atoms with van der Waals surface area (Å²) < 4.78 is 23.5. The van der Waals surface area contributed by atoms with Crippen LogP contribution in [-0.4, -0.2) is 25.9 Å². The van der Waals surface area contributed by atoms with Gasteiger partial charge in [-0.1, -0.05) is 17.7 Å². The number of hydrogen-bond donors (Lipinski definition) is 1. The maximum atomic E-state index is 13.6. The molecule has 0 bridgehead atoms. The molecule has 0 fully saturated rings. The molecule has 0 heterocycles. The molecule has 0 saturated carbocycles. The van der Waals surface area contributed by atoms with Crippen molar-refractivity contribution in [2.75, 3.05) is 25.3 Å². The van der Waals surface area contributed by atoms with Crippen LogP contribution in [0, 0.1) is 5.82 Å². The minimum atomic E-state index is -0.409. The molecule has 0 aromatic heterocycles. The molecule has 4 nitrogen and oxygen atoms in total. The molecule has 0 aliphatic rings. The highest BCUT2D eigenvalue weighted by molar-refractivity contribution is 7.99. The molecule has 128 valence electrons. The first-order valence-corrected chi connectivity index (χ1v) is 8.60. The van der Waals surface area contributed by atoms with E-state index in [0.717, 1.165) is 5.56 Å². The fraction of sp³-hybridized carbons (Fsp3) is 0.235.